The van der Waals surface area contributed by atoms with Gasteiger partial charge in [0.1, 0.15) is 11.4 Å². The predicted molar refractivity (Wildman–Crippen MR) is 142 cm³/mol. The quantitative estimate of drug-likeness (QED) is 0.294. The zero-order valence-corrected chi connectivity index (χ0v) is 20.0. The van der Waals surface area contributed by atoms with Crippen LogP contribution in [-0.4, -0.2) is 23.0 Å². The maximum atomic E-state index is 11.8. The predicted octanol–water partition coefficient (Wildman–Crippen LogP) is 6.29. The number of hydrogen-bond acceptors (Lipinski definition) is 4. The molecule has 4 nitrogen and oxygen atoms in total. The lowest BCUT2D eigenvalue weighted by molar-refractivity contribution is 0.103. The van der Waals surface area contributed by atoms with Crippen molar-refractivity contribution in [2.45, 2.75) is 5.60 Å². The van der Waals surface area contributed by atoms with Gasteiger partial charge < -0.3 is 9.84 Å². The van der Waals surface area contributed by atoms with Crippen molar-refractivity contribution in [2.24, 2.45) is 0 Å². The second-order valence-electron chi connectivity index (χ2n) is 8.10. The van der Waals surface area contributed by atoms with Crippen LogP contribution >= 0.6 is 0 Å². The fourth-order valence-corrected chi connectivity index (χ4v) is 3.95. The molecule has 0 fully saturated rings. The summed E-state index contributed by atoms with van der Waals surface area (Å²) in [4.78, 5) is 15.9. The molecule has 0 spiro atoms. The van der Waals surface area contributed by atoms with Gasteiger partial charge in [0.15, 0.2) is 5.78 Å². The molecule has 0 bridgehead atoms. The fourth-order valence-electron chi connectivity index (χ4n) is 3.95. The van der Waals surface area contributed by atoms with E-state index in [-0.39, 0.29) is 5.78 Å². The number of aromatic nitrogens is 1. The summed E-state index contributed by atoms with van der Waals surface area (Å²) in [5, 5.41) is 11.5. The molecule has 0 aliphatic rings. The van der Waals surface area contributed by atoms with Crippen LogP contribution in [0.5, 0.6) is 5.75 Å². The Kier molecular flexibility index (Phi) is 8.01. The van der Waals surface area contributed by atoms with Crippen LogP contribution in [0.25, 0.3) is 0 Å². The van der Waals surface area contributed by atoms with Crippen molar-refractivity contribution in [3.8, 4) is 5.75 Å². The monoisotopic (exact) mass is 473 g/mol. The van der Waals surface area contributed by atoms with E-state index in [1.165, 1.54) is 0 Å². The molecule has 0 saturated heterocycles. The van der Waals surface area contributed by atoms with Crippen molar-refractivity contribution in [1.82, 2.24) is 4.98 Å². The van der Waals surface area contributed by atoms with Gasteiger partial charge in [-0.05, 0) is 41.0 Å². The maximum absolute atomic E-state index is 11.8. The molecule has 36 heavy (non-hydrogen) atoms. The smallest absolute Gasteiger partial charge is 0.193 e. The molecule has 1 heterocycles. The van der Waals surface area contributed by atoms with Crippen LogP contribution < -0.4 is 4.74 Å². The van der Waals surface area contributed by atoms with Crippen molar-refractivity contribution in [3.63, 3.8) is 0 Å². The van der Waals surface area contributed by atoms with Crippen molar-refractivity contribution in [1.29, 1.82) is 0 Å². The number of rotatable bonds is 6. The van der Waals surface area contributed by atoms with E-state index in [2.05, 4.69) is 4.98 Å². The van der Waals surface area contributed by atoms with Gasteiger partial charge >= 0.3 is 0 Å². The van der Waals surface area contributed by atoms with Crippen molar-refractivity contribution < 1.29 is 14.6 Å². The van der Waals surface area contributed by atoms with Crippen LogP contribution in [0.2, 0.25) is 0 Å². The van der Waals surface area contributed by atoms with Crippen LogP contribution in [0.15, 0.2) is 140 Å². The lowest BCUT2D eigenvalue weighted by atomic mass is 9.81. The molecule has 1 unspecified atom stereocenters. The molecule has 5 aromatic rings. The van der Waals surface area contributed by atoms with Gasteiger partial charge in [0.25, 0.3) is 0 Å². The summed E-state index contributed by atoms with van der Waals surface area (Å²) in [6.45, 7) is 0. The molecule has 4 heteroatoms. The van der Waals surface area contributed by atoms with Crippen LogP contribution in [0, 0.1) is 0 Å². The average Bonchev–Trinajstić information content (AvgIpc) is 2.98. The van der Waals surface area contributed by atoms with Gasteiger partial charge in [0.2, 0.25) is 0 Å². The Labute approximate surface area is 211 Å². The fraction of sp³-hybridized carbons (Fsp3) is 0.0625. The number of benzene rings is 4. The van der Waals surface area contributed by atoms with Crippen molar-refractivity contribution in [3.05, 3.63) is 168 Å². The summed E-state index contributed by atoms with van der Waals surface area (Å²) < 4.78 is 5.20. The summed E-state index contributed by atoms with van der Waals surface area (Å²) in [7, 11) is 1.63. The minimum atomic E-state index is -1.23. The normalized spacial score (nSPS) is 11.9. The van der Waals surface area contributed by atoms with Crippen LogP contribution in [-0.2, 0) is 5.60 Å². The summed E-state index contributed by atoms with van der Waals surface area (Å²) in [6.07, 6.45) is 3.37. The first-order chi connectivity index (χ1) is 17.6. The molecule has 0 saturated carbocycles. The summed E-state index contributed by atoms with van der Waals surface area (Å²) >= 11 is 0. The number of carbonyl (C=O) groups is 1. The molecule has 4 aromatic carbocycles. The van der Waals surface area contributed by atoms with Gasteiger partial charge in [-0.1, -0.05) is 103 Å². The molecule has 0 aliphatic heterocycles. The highest BCUT2D eigenvalue weighted by Crippen LogP contribution is 2.36. The van der Waals surface area contributed by atoms with Gasteiger partial charge in [-0.3, -0.25) is 9.78 Å². The molecule has 5 rings (SSSR count). The van der Waals surface area contributed by atoms with Crippen molar-refractivity contribution in [2.75, 3.05) is 7.11 Å². The number of ether oxygens (including phenoxy) is 1. The van der Waals surface area contributed by atoms with E-state index in [1.54, 1.807) is 19.5 Å². The number of carbonyl (C=O) groups excluding carboxylic acids is 1. The summed E-state index contributed by atoms with van der Waals surface area (Å²) in [5.41, 5.74) is 2.62. The molecule has 1 atom stereocenters. The van der Waals surface area contributed by atoms with E-state index < -0.39 is 5.60 Å². The van der Waals surface area contributed by atoms with Crippen LogP contribution in [0.4, 0.5) is 0 Å². The van der Waals surface area contributed by atoms with Gasteiger partial charge in [0.05, 0.1) is 7.11 Å². The third-order valence-corrected chi connectivity index (χ3v) is 5.87. The molecule has 178 valence electrons. The van der Waals surface area contributed by atoms with E-state index in [0.29, 0.717) is 0 Å². The van der Waals surface area contributed by atoms with E-state index in [9.17, 15) is 9.90 Å². The first kappa shape index (κ1) is 24.6. The first-order valence-corrected chi connectivity index (χ1v) is 11.6. The number of pyridine rings is 1. The third kappa shape index (κ3) is 5.57. The lowest BCUT2D eigenvalue weighted by Gasteiger charge is -2.30. The number of methoxy groups -OCH3 is 1. The molecule has 1 N–H and O–H groups in total. The molecule has 0 amide bonds. The summed E-state index contributed by atoms with van der Waals surface area (Å²) in [5.74, 6) is 0.833. The molecular formula is C32H27NO3. The van der Waals surface area contributed by atoms with Crippen molar-refractivity contribution >= 4 is 5.78 Å². The Hall–Kier alpha value is -4.54. The molecule has 1 aromatic heterocycles. The van der Waals surface area contributed by atoms with Gasteiger partial charge in [-0.25, -0.2) is 0 Å². The van der Waals surface area contributed by atoms with Gasteiger partial charge in [0, 0.05) is 23.5 Å². The Morgan fingerprint density at radius 1 is 0.611 bits per heavy atom. The standard InChI is InChI=1S/C19H17NO2.C13H10O/c1-22-18-9-7-16(8-10-18)19(21,15-5-3-2-4-6-15)17-11-13-20-14-12-17;14-13(11-7-3-1-4-8-11)12-9-5-2-6-10-12/h2-14,21H,1H3;1-10H. The highest BCUT2D eigenvalue weighted by Gasteiger charge is 2.33. The Balaban J connectivity index is 0.000000187. The van der Waals surface area contributed by atoms with E-state index >= 15 is 0 Å². The zero-order valence-electron chi connectivity index (χ0n) is 20.0. The zero-order chi connectivity index (χ0) is 25.2. The largest absolute Gasteiger partial charge is 0.497 e. The van der Waals surface area contributed by atoms with E-state index in [0.717, 1.165) is 33.6 Å². The van der Waals surface area contributed by atoms with E-state index in [1.807, 2.05) is 127 Å². The number of hydrogen-bond donors (Lipinski definition) is 1. The number of aliphatic hydroxyl groups is 1. The number of ketones is 1. The molecular weight excluding hydrogens is 446 g/mol. The highest BCUT2D eigenvalue weighted by atomic mass is 16.5. The van der Waals surface area contributed by atoms with E-state index in [4.69, 9.17) is 4.74 Å². The van der Waals surface area contributed by atoms with Gasteiger partial charge in [-0.15, -0.1) is 0 Å². The van der Waals surface area contributed by atoms with Gasteiger partial charge in [-0.2, -0.15) is 0 Å². The maximum Gasteiger partial charge on any atom is 0.193 e. The molecule has 0 aliphatic carbocycles. The topological polar surface area (TPSA) is 59.4 Å². The van der Waals surface area contributed by atoms with Crippen LogP contribution in [0.3, 0.4) is 0 Å². The van der Waals surface area contributed by atoms with Crippen LogP contribution in [0.1, 0.15) is 32.6 Å². The average molecular weight is 474 g/mol. The Morgan fingerprint density at radius 2 is 1.03 bits per heavy atom. The minimum Gasteiger partial charge on any atom is -0.497 e. The minimum absolute atomic E-state index is 0.0752. The second-order valence-corrected chi connectivity index (χ2v) is 8.10. The third-order valence-electron chi connectivity index (χ3n) is 5.87. The molecule has 0 radical (unpaired) electrons. The number of nitrogens with zero attached hydrogens (tertiary/aromatic N) is 1. The summed E-state index contributed by atoms with van der Waals surface area (Å²) in [6, 6.07) is 39.4. The Morgan fingerprint density at radius 3 is 1.50 bits per heavy atom. The first-order valence-electron chi connectivity index (χ1n) is 11.6. The highest BCUT2D eigenvalue weighted by molar-refractivity contribution is 6.08. The SMILES string of the molecule is COc1ccc(C(O)(c2ccccc2)c2ccncc2)cc1.O=C(c1ccccc1)c1ccccc1. The lowest BCUT2D eigenvalue weighted by Crippen LogP contribution is -2.28. The second kappa shape index (κ2) is 11.7. The Bertz CT molecular complexity index is 1270.